The minimum atomic E-state index is -3.49. The molecule has 1 heterocycles. The number of piperazine rings is 1. The number of nitrogens with zero attached hydrogens (tertiary/aromatic N) is 2. The molecule has 1 aliphatic carbocycles. The molecule has 2 atom stereocenters. The molecular formula is C27H28Br2N2O3S. The van der Waals surface area contributed by atoms with Crippen LogP contribution in [0, 0.1) is 6.92 Å². The first-order valence-electron chi connectivity index (χ1n) is 11.8. The van der Waals surface area contributed by atoms with Crippen LogP contribution >= 0.6 is 31.9 Å². The number of aryl methyl sites for hydroxylation is 1. The lowest BCUT2D eigenvalue weighted by molar-refractivity contribution is -0.0233. The molecule has 35 heavy (non-hydrogen) atoms. The summed E-state index contributed by atoms with van der Waals surface area (Å²) < 4.78 is 36.5. The van der Waals surface area contributed by atoms with Gasteiger partial charge in [-0.05, 0) is 53.9 Å². The summed E-state index contributed by atoms with van der Waals surface area (Å²) in [4.78, 5) is 2.76. The predicted molar refractivity (Wildman–Crippen MR) is 145 cm³/mol. The van der Waals surface area contributed by atoms with Crippen molar-refractivity contribution in [1.29, 1.82) is 0 Å². The van der Waals surface area contributed by atoms with Crippen LogP contribution in [0.4, 0.5) is 0 Å². The Morgan fingerprint density at radius 1 is 0.914 bits per heavy atom. The summed E-state index contributed by atoms with van der Waals surface area (Å²) in [6.07, 6.45) is 0.878. The van der Waals surface area contributed by atoms with E-state index in [2.05, 4.69) is 73.2 Å². The zero-order chi connectivity index (χ0) is 24.6. The van der Waals surface area contributed by atoms with Crippen LogP contribution in [0.1, 0.15) is 28.3 Å². The minimum Gasteiger partial charge on any atom is -0.371 e. The molecule has 0 radical (unpaired) electrons. The van der Waals surface area contributed by atoms with E-state index in [1.807, 2.05) is 25.1 Å². The highest BCUT2D eigenvalue weighted by molar-refractivity contribution is 9.11. The van der Waals surface area contributed by atoms with Gasteiger partial charge < -0.3 is 4.74 Å². The fourth-order valence-electron chi connectivity index (χ4n) is 5.10. The fourth-order valence-corrected chi connectivity index (χ4v) is 7.91. The molecule has 0 bridgehead atoms. The molecule has 0 saturated carbocycles. The fraction of sp³-hybridized carbons (Fsp3) is 0.333. The van der Waals surface area contributed by atoms with Gasteiger partial charge in [0.05, 0.1) is 23.6 Å². The Labute approximate surface area is 224 Å². The van der Waals surface area contributed by atoms with Crippen LogP contribution in [0.2, 0.25) is 0 Å². The molecule has 0 aromatic heterocycles. The van der Waals surface area contributed by atoms with E-state index in [4.69, 9.17) is 4.74 Å². The first-order valence-corrected chi connectivity index (χ1v) is 14.8. The molecule has 8 heteroatoms. The number of rotatable bonds is 6. The van der Waals surface area contributed by atoms with Crippen molar-refractivity contribution < 1.29 is 13.2 Å². The van der Waals surface area contributed by atoms with Crippen molar-refractivity contribution in [3.63, 3.8) is 0 Å². The average molecular weight is 620 g/mol. The molecule has 3 aromatic rings. The van der Waals surface area contributed by atoms with Gasteiger partial charge in [0.2, 0.25) is 10.0 Å². The van der Waals surface area contributed by atoms with Crippen molar-refractivity contribution in [2.24, 2.45) is 0 Å². The van der Waals surface area contributed by atoms with Crippen molar-refractivity contribution in [3.05, 3.63) is 97.9 Å². The van der Waals surface area contributed by atoms with E-state index in [9.17, 15) is 8.42 Å². The summed E-state index contributed by atoms with van der Waals surface area (Å²) in [5.41, 5.74) is 4.76. The van der Waals surface area contributed by atoms with E-state index >= 15 is 0 Å². The summed E-state index contributed by atoms with van der Waals surface area (Å²) in [5.74, 6) is 0. The third kappa shape index (κ3) is 5.43. The van der Waals surface area contributed by atoms with Crippen LogP contribution in [0.15, 0.2) is 80.6 Å². The number of sulfonamides is 1. The van der Waals surface area contributed by atoms with Crippen LogP contribution in [-0.2, 0) is 27.8 Å². The molecule has 2 aliphatic rings. The average Bonchev–Trinajstić information content (AvgIpc) is 3.21. The number of hydrogen-bond donors (Lipinski definition) is 0. The Hall–Kier alpha value is -1.55. The van der Waals surface area contributed by atoms with Crippen LogP contribution in [0.3, 0.4) is 0 Å². The molecular weight excluding hydrogens is 592 g/mol. The molecule has 0 unspecified atom stereocenters. The number of fused-ring (bicyclic) bond motifs is 1. The van der Waals surface area contributed by atoms with Crippen LogP contribution < -0.4 is 0 Å². The van der Waals surface area contributed by atoms with Gasteiger partial charge in [0, 0.05) is 41.5 Å². The van der Waals surface area contributed by atoms with Crippen molar-refractivity contribution in [1.82, 2.24) is 9.21 Å². The van der Waals surface area contributed by atoms with Gasteiger partial charge in [0.15, 0.2) is 0 Å². The normalized spacial score (nSPS) is 21.2. The number of benzene rings is 3. The van der Waals surface area contributed by atoms with E-state index in [0.717, 1.165) is 26.5 Å². The van der Waals surface area contributed by atoms with Gasteiger partial charge in [0.1, 0.15) is 0 Å². The highest BCUT2D eigenvalue weighted by Crippen LogP contribution is 2.39. The molecule has 5 nitrogen and oxygen atoms in total. The van der Waals surface area contributed by atoms with Crippen LogP contribution in [0.5, 0.6) is 0 Å². The second-order valence-corrected chi connectivity index (χ2v) is 13.0. The van der Waals surface area contributed by atoms with Crippen molar-refractivity contribution in [3.8, 4) is 0 Å². The number of halogens is 2. The lowest BCUT2D eigenvalue weighted by Gasteiger charge is -2.39. The zero-order valence-electron chi connectivity index (χ0n) is 19.5. The van der Waals surface area contributed by atoms with Crippen molar-refractivity contribution >= 4 is 41.9 Å². The van der Waals surface area contributed by atoms with Gasteiger partial charge in [-0.3, -0.25) is 4.90 Å². The van der Waals surface area contributed by atoms with Gasteiger partial charge in [-0.1, -0.05) is 73.8 Å². The molecule has 0 amide bonds. The van der Waals surface area contributed by atoms with E-state index < -0.39 is 10.0 Å². The maximum absolute atomic E-state index is 13.2. The SMILES string of the molecule is Cc1ccc(S(=O)(=O)N2CCN([C@H]3c4ccccc4C[C@@H]3OCc3cc(Br)cc(Br)c3)CC2)cc1. The quantitative estimate of drug-likeness (QED) is 0.355. The van der Waals surface area contributed by atoms with E-state index in [1.54, 1.807) is 16.4 Å². The Balaban J connectivity index is 1.31. The Kier molecular flexibility index (Phi) is 7.49. The summed E-state index contributed by atoms with van der Waals surface area (Å²) in [7, 11) is -3.49. The maximum Gasteiger partial charge on any atom is 0.243 e. The summed E-state index contributed by atoms with van der Waals surface area (Å²) in [5, 5.41) is 0. The highest BCUT2D eigenvalue weighted by atomic mass is 79.9. The molecule has 1 saturated heterocycles. The molecule has 184 valence electrons. The minimum absolute atomic E-state index is 0.0189. The molecule has 0 spiro atoms. The Morgan fingerprint density at radius 2 is 1.57 bits per heavy atom. The van der Waals surface area contributed by atoms with Gasteiger partial charge in [-0.25, -0.2) is 8.42 Å². The maximum atomic E-state index is 13.2. The smallest absolute Gasteiger partial charge is 0.243 e. The Bertz CT molecular complexity index is 1290. The van der Waals surface area contributed by atoms with Crippen molar-refractivity contribution in [2.75, 3.05) is 26.2 Å². The third-order valence-electron chi connectivity index (χ3n) is 6.86. The number of hydrogen-bond acceptors (Lipinski definition) is 4. The molecule has 5 rings (SSSR count). The summed E-state index contributed by atoms with van der Waals surface area (Å²) in [6, 6.07) is 21.9. The lowest BCUT2D eigenvalue weighted by Crippen LogP contribution is -2.51. The predicted octanol–water partition coefficient (Wildman–Crippen LogP) is 5.71. The van der Waals surface area contributed by atoms with Crippen LogP contribution in [0.25, 0.3) is 0 Å². The number of ether oxygens (including phenoxy) is 1. The van der Waals surface area contributed by atoms with E-state index in [1.165, 1.54) is 11.1 Å². The highest BCUT2D eigenvalue weighted by Gasteiger charge is 2.39. The second kappa shape index (κ2) is 10.4. The zero-order valence-corrected chi connectivity index (χ0v) is 23.5. The summed E-state index contributed by atoms with van der Waals surface area (Å²) in [6.45, 7) is 4.77. The molecule has 1 fully saturated rings. The second-order valence-electron chi connectivity index (χ2n) is 9.23. The molecule has 0 N–H and O–H groups in total. The van der Waals surface area contributed by atoms with Gasteiger partial charge in [-0.15, -0.1) is 0 Å². The molecule has 3 aromatic carbocycles. The standard InChI is InChI=1S/C27H28Br2N2O3S/c1-19-6-8-24(9-7-19)35(32,33)31-12-10-30(11-13-31)27-25-5-3-2-4-21(25)16-26(27)34-18-20-14-22(28)17-23(29)15-20/h2-9,14-15,17,26-27H,10-13,16,18H2,1H3/t26-,27-/m0/s1. The lowest BCUT2D eigenvalue weighted by atomic mass is 10.1. The van der Waals surface area contributed by atoms with Gasteiger partial charge >= 0.3 is 0 Å². The summed E-state index contributed by atoms with van der Waals surface area (Å²) >= 11 is 7.12. The topological polar surface area (TPSA) is 49.9 Å². The van der Waals surface area contributed by atoms with Gasteiger partial charge in [-0.2, -0.15) is 4.31 Å². The van der Waals surface area contributed by atoms with Crippen molar-refractivity contribution in [2.45, 2.75) is 37.0 Å². The molecule has 1 aliphatic heterocycles. The van der Waals surface area contributed by atoms with E-state index in [0.29, 0.717) is 37.7 Å². The third-order valence-corrected chi connectivity index (χ3v) is 9.69. The van der Waals surface area contributed by atoms with Gasteiger partial charge in [0.25, 0.3) is 0 Å². The first kappa shape index (κ1) is 25.1. The van der Waals surface area contributed by atoms with E-state index in [-0.39, 0.29) is 12.1 Å². The monoisotopic (exact) mass is 618 g/mol. The first-order chi connectivity index (χ1) is 16.8. The Morgan fingerprint density at radius 3 is 2.26 bits per heavy atom. The van der Waals surface area contributed by atoms with Crippen LogP contribution in [-0.4, -0.2) is 49.9 Å². The largest absolute Gasteiger partial charge is 0.371 e.